The summed E-state index contributed by atoms with van der Waals surface area (Å²) in [5, 5.41) is 13.2. The van der Waals surface area contributed by atoms with Gasteiger partial charge in [-0.05, 0) is 76.4 Å². The van der Waals surface area contributed by atoms with Gasteiger partial charge < -0.3 is 24.5 Å². The minimum Gasteiger partial charge on any atom is -0.478 e. The Labute approximate surface area is 215 Å². The maximum absolute atomic E-state index is 13.2. The van der Waals surface area contributed by atoms with E-state index in [4.69, 9.17) is 9.15 Å². The number of aromatic carboxylic acids is 1. The summed E-state index contributed by atoms with van der Waals surface area (Å²) in [4.78, 5) is 38.8. The first-order valence-corrected chi connectivity index (χ1v) is 12.1. The highest BCUT2D eigenvalue weighted by Crippen LogP contribution is 2.26. The van der Waals surface area contributed by atoms with Gasteiger partial charge in [-0.3, -0.25) is 4.79 Å². The lowest BCUT2D eigenvalue weighted by molar-refractivity contribution is 0.0177. The van der Waals surface area contributed by atoms with E-state index in [-0.39, 0.29) is 11.3 Å². The SMILES string of the molecule is Cc1cc(C#CC2(NC(=O)c3cc4ccccc4o3)CCN(C(=O)OC(C)(C)C)CC2)ccc1C(=O)O. The normalized spacial score (nSPS) is 15.0. The van der Waals surface area contributed by atoms with Gasteiger partial charge in [-0.15, -0.1) is 0 Å². The number of carboxylic acids is 1. The van der Waals surface area contributed by atoms with E-state index in [1.54, 1.807) is 36.1 Å². The second kappa shape index (κ2) is 10.0. The molecule has 0 aliphatic carbocycles. The molecule has 0 saturated carbocycles. The van der Waals surface area contributed by atoms with E-state index in [9.17, 15) is 19.5 Å². The number of carbonyl (C=O) groups excluding carboxylic acids is 2. The number of benzene rings is 2. The first-order chi connectivity index (χ1) is 17.4. The summed E-state index contributed by atoms with van der Waals surface area (Å²) >= 11 is 0. The molecule has 0 bridgehead atoms. The van der Waals surface area contributed by atoms with Gasteiger partial charge in [0.05, 0.1) is 5.56 Å². The number of nitrogens with zero attached hydrogens (tertiary/aromatic N) is 1. The van der Waals surface area contributed by atoms with Crippen molar-refractivity contribution in [1.29, 1.82) is 0 Å². The van der Waals surface area contributed by atoms with Gasteiger partial charge >= 0.3 is 12.1 Å². The fourth-order valence-electron chi connectivity index (χ4n) is 4.22. The minimum atomic E-state index is -0.999. The second-order valence-electron chi connectivity index (χ2n) is 10.2. The number of amides is 2. The lowest BCUT2D eigenvalue weighted by Crippen LogP contribution is -2.56. The number of carbonyl (C=O) groups is 3. The number of hydrogen-bond acceptors (Lipinski definition) is 5. The Bertz CT molecular complexity index is 1380. The number of nitrogens with one attached hydrogen (secondary N) is 1. The van der Waals surface area contributed by atoms with Gasteiger partial charge in [-0.25, -0.2) is 9.59 Å². The molecule has 1 aliphatic rings. The van der Waals surface area contributed by atoms with Gasteiger partial charge in [0, 0.05) is 24.0 Å². The number of likely N-dealkylation sites (tertiary alicyclic amines) is 1. The van der Waals surface area contributed by atoms with Crippen molar-refractivity contribution in [2.75, 3.05) is 13.1 Å². The molecule has 1 saturated heterocycles. The number of ether oxygens (including phenoxy) is 1. The highest BCUT2D eigenvalue weighted by Gasteiger charge is 2.38. The number of rotatable bonds is 3. The predicted octanol–water partition coefficient (Wildman–Crippen LogP) is 4.99. The van der Waals surface area contributed by atoms with Crippen molar-refractivity contribution in [1.82, 2.24) is 10.2 Å². The molecule has 1 aliphatic heterocycles. The van der Waals surface area contributed by atoms with Crippen molar-refractivity contribution >= 4 is 28.9 Å². The van der Waals surface area contributed by atoms with Gasteiger partial charge in [-0.2, -0.15) is 0 Å². The lowest BCUT2D eigenvalue weighted by atomic mass is 9.87. The Morgan fingerprint density at radius 1 is 1.08 bits per heavy atom. The Kier molecular flexibility index (Phi) is 6.99. The molecule has 3 aromatic rings. The number of fused-ring (bicyclic) bond motifs is 1. The van der Waals surface area contributed by atoms with Crippen molar-refractivity contribution in [2.24, 2.45) is 0 Å². The summed E-state index contributed by atoms with van der Waals surface area (Å²) in [5.74, 6) is 5.11. The first kappa shape index (κ1) is 25.8. The van der Waals surface area contributed by atoms with Crippen LogP contribution in [-0.4, -0.2) is 52.2 Å². The third kappa shape index (κ3) is 6.12. The molecule has 37 heavy (non-hydrogen) atoms. The molecule has 2 N–H and O–H groups in total. The molecular weight excluding hydrogens is 472 g/mol. The molecule has 2 aromatic carbocycles. The largest absolute Gasteiger partial charge is 0.478 e. The molecule has 0 radical (unpaired) electrons. The average molecular weight is 503 g/mol. The Balaban J connectivity index is 1.60. The van der Waals surface area contributed by atoms with Crippen LogP contribution in [-0.2, 0) is 4.74 Å². The molecule has 8 nitrogen and oxygen atoms in total. The zero-order valence-electron chi connectivity index (χ0n) is 21.4. The third-order valence-corrected chi connectivity index (χ3v) is 6.17. The van der Waals surface area contributed by atoms with Gasteiger partial charge in [0.25, 0.3) is 5.91 Å². The van der Waals surface area contributed by atoms with Crippen LogP contribution >= 0.6 is 0 Å². The van der Waals surface area contributed by atoms with Crippen molar-refractivity contribution in [3.63, 3.8) is 0 Å². The van der Waals surface area contributed by atoms with E-state index in [0.717, 1.165) is 5.39 Å². The van der Waals surface area contributed by atoms with Crippen molar-refractivity contribution in [2.45, 2.75) is 51.7 Å². The number of aryl methyl sites for hydroxylation is 1. The van der Waals surface area contributed by atoms with Gasteiger partial charge in [-0.1, -0.05) is 30.0 Å². The van der Waals surface area contributed by atoms with E-state index in [0.29, 0.717) is 42.6 Å². The Morgan fingerprint density at radius 3 is 2.41 bits per heavy atom. The van der Waals surface area contributed by atoms with Crippen LogP contribution in [0.1, 0.15) is 65.7 Å². The molecule has 0 atom stereocenters. The predicted molar refractivity (Wildman–Crippen MR) is 138 cm³/mol. The summed E-state index contributed by atoms with van der Waals surface area (Å²) in [6.45, 7) is 7.86. The number of hydrogen-bond donors (Lipinski definition) is 2. The molecule has 1 fully saturated rings. The molecule has 0 unspecified atom stereocenters. The highest BCUT2D eigenvalue weighted by molar-refractivity contribution is 5.96. The minimum absolute atomic E-state index is 0.179. The zero-order chi connectivity index (χ0) is 26.8. The molecule has 1 aromatic heterocycles. The van der Waals surface area contributed by atoms with Gasteiger partial charge in [0.1, 0.15) is 16.7 Å². The molecule has 2 amide bonds. The fourth-order valence-corrected chi connectivity index (χ4v) is 4.22. The number of furan rings is 1. The molecular formula is C29H30N2O6. The Morgan fingerprint density at radius 2 is 1.78 bits per heavy atom. The van der Waals surface area contributed by atoms with E-state index in [1.165, 1.54) is 6.07 Å². The molecule has 192 valence electrons. The van der Waals surface area contributed by atoms with Crippen LogP contribution in [0.15, 0.2) is 52.9 Å². The monoisotopic (exact) mass is 502 g/mol. The number of carboxylic acid groups (broad SMARTS) is 1. The van der Waals surface area contributed by atoms with Crippen LogP contribution < -0.4 is 5.32 Å². The average Bonchev–Trinajstić information content (AvgIpc) is 3.27. The standard InChI is InChI=1S/C29H30N2O6/c1-19-17-20(9-10-22(19)26(33)34)11-12-29(13-15-31(16-14-29)27(35)37-28(2,3)4)30-25(32)24-18-21-7-5-6-8-23(21)36-24/h5-10,17-18H,13-16H2,1-4H3,(H,30,32)(H,33,34). The summed E-state index contributed by atoms with van der Waals surface area (Å²) in [5.41, 5.74) is 0.522. The lowest BCUT2D eigenvalue weighted by Gasteiger charge is -2.39. The summed E-state index contributed by atoms with van der Waals surface area (Å²) < 4.78 is 11.2. The molecule has 4 rings (SSSR count). The van der Waals surface area contributed by atoms with Gasteiger partial charge in [0.15, 0.2) is 5.76 Å². The first-order valence-electron chi connectivity index (χ1n) is 12.1. The zero-order valence-corrected chi connectivity index (χ0v) is 21.4. The van der Waals surface area contributed by atoms with Crippen LogP contribution in [0, 0.1) is 18.8 Å². The van der Waals surface area contributed by atoms with Crippen LogP contribution in [0.2, 0.25) is 0 Å². The smallest absolute Gasteiger partial charge is 0.410 e. The fraction of sp³-hybridized carbons (Fsp3) is 0.345. The third-order valence-electron chi connectivity index (χ3n) is 6.17. The van der Waals surface area contributed by atoms with E-state index >= 15 is 0 Å². The van der Waals surface area contributed by atoms with Crippen molar-refractivity contribution in [3.8, 4) is 11.8 Å². The van der Waals surface area contributed by atoms with Crippen LogP contribution in [0.5, 0.6) is 0 Å². The molecule has 8 heteroatoms. The molecule has 2 heterocycles. The summed E-state index contributed by atoms with van der Waals surface area (Å²) in [7, 11) is 0. The van der Waals surface area contributed by atoms with Crippen molar-refractivity contribution < 1.29 is 28.6 Å². The highest BCUT2D eigenvalue weighted by atomic mass is 16.6. The molecule has 0 spiro atoms. The topological polar surface area (TPSA) is 109 Å². The number of piperidine rings is 1. The van der Waals surface area contributed by atoms with E-state index in [1.807, 2.05) is 39.0 Å². The summed E-state index contributed by atoms with van der Waals surface area (Å²) in [6.07, 6.45) is 0.368. The van der Waals surface area contributed by atoms with Crippen LogP contribution in [0.3, 0.4) is 0 Å². The quantitative estimate of drug-likeness (QED) is 0.489. The van der Waals surface area contributed by atoms with E-state index < -0.39 is 29.1 Å². The van der Waals surface area contributed by atoms with E-state index in [2.05, 4.69) is 17.2 Å². The van der Waals surface area contributed by atoms with Gasteiger partial charge in [0.2, 0.25) is 0 Å². The van der Waals surface area contributed by atoms with Crippen molar-refractivity contribution in [3.05, 3.63) is 71.0 Å². The van der Waals surface area contributed by atoms with Crippen LogP contribution in [0.4, 0.5) is 4.79 Å². The maximum atomic E-state index is 13.2. The second-order valence-corrected chi connectivity index (χ2v) is 10.2. The maximum Gasteiger partial charge on any atom is 0.410 e. The summed E-state index contributed by atoms with van der Waals surface area (Å²) in [6, 6.07) is 13.9. The van der Waals surface area contributed by atoms with Crippen LogP contribution in [0.25, 0.3) is 11.0 Å². The Hall–Kier alpha value is -4.25. The number of para-hydroxylation sites is 1.